The van der Waals surface area contributed by atoms with Crippen molar-refractivity contribution in [1.29, 1.82) is 0 Å². The Morgan fingerprint density at radius 2 is 1.52 bits per heavy atom. The first-order chi connectivity index (χ1) is 14.1. The molecule has 148 valence electrons. The van der Waals surface area contributed by atoms with Crippen LogP contribution in [0.2, 0.25) is 0 Å². The monoisotopic (exact) mass is 391 g/mol. The molecule has 0 radical (unpaired) electrons. The Labute approximate surface area is 168 Å². The van der Waals surface area contributed by atoms with Gasteiger partial charge in [0.1, 0.15) is 5.75 Å². The van der Waals surface area contributed by atoms with Gasteiger partial charge in [-0.2, -0.15) is 0 Å². The number of hydrogen-bond donors (Lipinski definition) is 1. The highest BCUT2D eigenvalue weighted by Gasteiger charge is 2.16. The summed E-state index contributed by atoms with van der Waals surface area (Å²) in [6.45, 7) is 0. The molecule has 1 heterocycles. The normalized spacial score (nSPS) is 10.9. The number of hydrogen-bond acceptors (Lipinski definition) is 5. The van der Waals surface area contributed by atoms with Gasteiger partial charge in [0.05, 0.1) is 27.8 Å². The number of rotatable bonds is 6. The van der Waals surface area contributed by atoms with Gasteiger partial charge < -0.3 is 23.9 Å². The van der Waals surface area contributed by atoms with E-state index in [4.69, 9.17) is 18.9 Å². The van der Waals surface area contributed by atoms with Crippen molar-refractivity contribution >= 4 is 27.8 Å². The van der Waals surface area contributed by atoms with Crippen LogP contribution in [0.4, 0.5) is 0 Å². The SMILES string of the molecule is COc1cc(CC(=O)Oc2ccc3[nH]c4ccccc4c3c2)cc(OC)c1OC. The molecule has 6 heteroatoms. The Bertz CT molecular complexity index is 1170. The van der Waals surface area contributed by atoms with Gasteiger partial charge in [0.25, 0.3) is 0 Å². The summed E-state index contributed by atoms with van der Waals surface area (Å²) in [5.41, 5.74) is 2.75. The Morgan fingerprint density at radius 1 is 0.828 bits per heavy atom. The van der Waals surface area contributed by atoms with Gasteiger partial charge in [-0.3, -0.25) is 4.79 Å². The van der Waals surface area contributed by atoms with Crippen LogP contribution in [0.5, 0.6) is 23.0 Å². The van der Waals surface area contributed by atoms with E-state index < -0.39 is 0 Å². The van der Waals surface area contributed by atoms with E-state index in [-0.39, 0.29) is 12.4 Å². The number of carbonyl (C=O) groups excluding carboxylic acids is 1. The Balaban J connectivity index is 1.57. The molecule has 0 amide bonds. The quantitative estimate of drug-likeness (QED) is 0.387. The number of fused-ring (bicyclic) bond motifs is 3. The molecule has 0 aliphatic rings. The maximum Gasteiger partial charge on any atom is 0.315 e. The average Bonchev–Trinajstić information content (AvgIpc) is 3.11. The summed E-state index contributed by atoms with van der Waals surface area (Å²) in [7, 11) is 4.61. The number of H-pyrrole nitrogens is 1. The molecule has 0 spiro atoms. The molecule has 0 fully saturated rings. The lowest BCUT2D eigenvalue weighted by molar-refractivity contribution is -0.133. The second-order valence-corrected chi connectivity index (χ2v) is 6.56. The van der Waals surface area contributed by atoms with Crippen LogP contribution < -0.4 is 18.9 Å². The van der Waals surface area contributed by atoms with E-state index >= 15 is 0 Å². The molecule has 0 aliphatic carbocycles. The van der Waals surface area contributed by atoms with Crippen LogP contribution >= 0.6 is 0 Å². The smallest absolute Gasteiger partial charge is 0.315 e. The van der Waals surface area contributed by atoms with E-state index in [1.807, 2.05) is 36.4 Å². The largest absolute Gasteiger partial charge is 0.493 e. The van der Waals surface area contributed by atoms with Crippen LogP contribution in [-0.4, -0.2) is 32.3 Å². The molecule has 0 aliphatic heterocycles. The highest BCUT2D eigenvalue weighted by atomic mass is 16.5. The van der Waals surface area contributed by atoms with Crippen LogP contribution in [0.1, 0.15) is 5.56 Å². The van der Waals surface area contributed by atoms with Crippen LogP contribution in [0.3, 0.4) is 0 Å². The van der Waals surface area contributed by atoms with Crippen molar-refractivity contribution in [2.75, 3.05) is 21.3 Å². The fraction of sp³-hybridized carbons (Fsp3) is 0.174. The molecule has 4 aromatic rings. The van der Waals surface area contributed by atoms with E-state index in [1.165, 1.54) is 21.3 Å². The van der Waals surface area contributed by atoms with Crippen LogP contribution in [0.15, 0.2) is 54.6 Å². The van der Waals surface area contributed by atoms with E-state index in [2.05, 4.69) is 4.98 Å². The maximum absolute atomic E-state index is 12.5. The van der Waals surface area contributed by atoms with E-state index in [0.29, 0.717) is 28.6 Å². The van der Waals surface area contributed by atoms with E-state index in [1.54, 1.807) is 18.2 Å². The van der Waals surface area contributed by atoms with Gasteiger partial charge in [-0.1, -0.05) is 18.2 Å². The topological polar surface area (TPSA) is 69.8 Å². The van der Waals surface area contributed by atoms with Gasteiger partial charge in [-0.15, -0.1) is 0 Å². The molecule has 3 aromatic carbocycles. The lowest BCUT2D eigenvalue weighted by Crippen LogP contribution is -2.11. The number of nitrogens with one attached hydrogen (secondary N) is 1. The minimum absolute atomic E-state index is 0.0721. The fourth-order valence-corrected chi connectivity index (χ4v) is 3.46. The van der Waals surface area contributed by atoms with Gasteiger partial charge in [0, 0.05) is 21.8 Å². The molecule has 0 bridgehead atoms. The summed E-state index contributed by atoms with van der Waals surface area (Å²) in [6, 6.07) is 17.1. The number of methoxy groups -OCH3 is 3. The zero-order valence-electron chi connectivity index (χ0n) is 16.4. The number of para-hydroxylation sites is 1. The summed E-state index contributed by atoms with van der Waals surface area (Å²) < 4.78 is 21.6. The summed E-state index contributed by atoms with van der Waals surface area (Å²) >= 11 is 0. The molecule has 4 rings (SSSR count). The van der Waals surface area contributed by atoms with Crippen molar-refractivity contribution in [2.24, 2.45) is 0 Å². The third-order valence-corrected chi connectivity index (χ3v) is 4.78. The van der Waals surface area contributed by atoms with Crippen molar-refractivity contribution in [2.45, 2.75) is 6.42 Å². The number of carbonyl (C=O) groups is 1. The van der Waals surface area contributed by atoms with Crippen molar-refractivity contribution in [1.82, 2.24) is 4.98 Å². The van der Waals surface area contributed by atoms with Crippen molar-refractivity contribution in [3.05, 3.63) is 60.2 Å². The highest BCUT2D eigenvalue weighted by Crippen LogP contribution is 2.38. The summed E-state index contributed by atoms with van der Waals surface area (Å²) in [4.78, 5) is 15.9. The molecule has 0 saturated carbocycles. The van der Waals surface area contributed by atoms with Crippen LogP contribution in [0.25, 0.3) is 21.8 Å². The van der Waals surface area contributed by atoms with Crippen LogP contribution in [0, 0.1) is 0 Å². The molecule has 0 saturated heterocycles. The fourth-order valence-electron chi connectivity index (χ4n) is 3.46. The molecule has 1 N–H and O–H groups in total. The predicted octanol–water partition coefficient (Wildman–Crippen LogP) is 4.50. The Hall–Kier alpha value is -3.67. The third kappa shape index (κ3) is 3.57. The van der Waals surface area contributed by atoms with Crippen molar-refractivity contribution < 1.29 is 23.7 Å². The van der Waals surface area contributed by atoms with Gasteiger partial charge in [0.2, 0.25) is 5.75 Å². The summed E-state index contributed by atoms with van der Waals surface area (Å²) in [5.74, 6) is 1.60. The first-order valence-corrected chi connectivity index (χ1v) is 9.13. The second kappa shape index (κ2) is 7.75. The minimum atomic E-state index is -0.376. The second-order valence-electron chi connectivity index (χ2n) is 6.56. The number of aromatic amines is 1. The minimum Gasteiger partial charge on any atom is -0.493 e. The van der Waals surface area contributed by atoms with E-state index in [9.17, 15) is 4.79 Å². The lowest BCUT2D eigenvalue weighted by Gasteiger charge is -2.14. The molecule has 0 atom stereocenters. The molecule has 0 unspecified atom stereocenters. The van der Waals surface area contributed by atoms with Gasteiger partial charge in [-0.25, -0.2) is 0 Å². The number of aromatic nitrogens is 1. The average molecular weight is 391 g/mol. The van der Waals surface area contributed by atoms with E-state index in [0.717, 1.165) is 21.8 Å². The molecular formula is C23H21NO5. The molecular weight excluding hydrogens is 370 g/mol. The number of esters is 1. The van der Waals surface area contributed by atoms with Gasteiger partial charge in [-0.05, 0) is 42.0 Å². The zero-order chi connectivity index (χ0) is 20.4. The molecule has 1 aromatic heterocycles. The third-order valence-electron chi connectivity index (χ3n) is 4.78. The Kier molecular flexibility index (Phi) is 4.99. The van der Waals surface area contributed by atoms with Crippen LogP contribution in [-0.2, 0) is 11.2 Å². The number of ether oxygens (including phenoxy) is 4. The first kappa shape index (κ1) is 18.7. The van der Waals surface area contributed by atoms with Gasteiger partial charge >= 0.3 is 5.97 Å². The Morgan fingerprint density at radius 3 is 2.21 bits per heavy atom. The first-order valence-electron chi connectivity index (χ1n) is 9.13. The lowest BCUT2D eigenvalue weighted by atomic mass is 10.1. The molecule has 29 heavy (non-hydrogen) atoms. The number of benzene rings is 3. The molecule has 6 nitrogen and oxygen atoms in total. The highest BCUT2D eigenvalue weighted by molar-refractivity contribution is 6.07. The standard InChI is InChI=1S/C23H21NO5/c1-26-20-10-14(11-21(27-2)23(20)28-3)12-22(25)29-15-8-9-19-17(13-15)16-6-4-5-7-18(16)24-19/h4-11,13,24H,12H2,1-3H3. The summed E-state index contributed by atoms with van der Waals surface area (Å²) in [6.07, 6.45) is 0.0721. The van der Waals surface area contributed by atoms with Gasteiger partial charge in [0.15, 0.2) is 11.5 Å². The predicted molar refractivity (Wildman–Crippen MR) is 111 cm³/mol. The summed E-state index contributed by atoms with van der Waals surface area (Å²) in [5, 5.41) is 2.10. The zero-order valence-corrected chi connectivity index (χ0v) is 16.4. The maximum atomic E-state index is 12.5. The van der Waals surface area contributed by atoms with Crippen molar-refractivity contribution in [3.63, 3.8) is 0 Å². The van der Waals surface area contributed by atoms with Crippen molar-refractivity contribution in [3.8, 4) is 23.0 Å².